The number of amides is 1. The summed E-state index contributed by atoms with van der Waals surface area (Å²) in [7, 11) is 0. The average molecular weight is 397 g/mol. The zero-order chi connectivity index (χ0) is 20.4. The van der Waals surface area contributed by atoms with E-state index in [1.165, 1.54) is 17.2 Å². The van der Waals surface area contributed by atoms with Gasteiger partial charge in [-0.3, -0.25) is 4.79 Å². The fraction of sp³-hybridized carbons (Fsp3) is 0.435. The third kappa shape index (κ3) is 4.28. The van der Waals surface area contributed by atoms with E-state index in [1.807, 2.05) is 31.2 Å². The molecule has 1 fully saturated rings. The number of anilines is 1. The summed E-state index contributed by atoms with van der Waals surface area (Å²) in [5.74, 6) is -0.404. The largest absolute Gasteiger partial charge is 0.369 e. The molecule has 2 aromatic rings. The van der Waals surface area contributed by atoms with Crippen molar-refractivity contribution in [3.63, 3.8) is 0 Å². The molecule has 5 nitrogen and oxygen atoms in total. The molecule has 2 heterocycles. The first-order valence-corrected chi connectivity index (χ1v) is 10.4. The van der Waals surface area contributed by atoms with Crippen LogP contribution in [0.15, 0.2) is 36.4 Å². The smallest absolute Gasteiger partial charge is 0.251 e. The number of hydrogen-bond donors (Lipinski definition) is 2. The van der Waals surface area contributed by atoms with Crippen molar-refractivity contribution in [2.45, 2.75) is 33.0 Å². The van der Waals surface area contributed by atoms with Crippen LogP contribution in [-0.2, 0) is 13.1 Å². The van der Waals surface area contributed by atoms with Crippen molar-refractivity contribution in [3.8, 4) is 0 Å². The van der Waals surface area contributed by atoms with Gasteiger partial charge in [-0.1, -0.05) is 13.0 Å². The molecule has 2 aromatic carbocycles. The van der Waals surface area contributed by atoms with Gasteiger partial charge in [-0.2, -0.15) is 0 Å². The third-order valence-corrected chi connectivity index (χ3v) is 6.06. The van der Waals surface area contributed by atoms with Crippen LogP contribution in [0.1, 0.15) is 46.9 Å². The first-order valence-electron chi connectivity index (χ1n) is 10.4. The molecule has 0 radical (unpaired) electrons. The Kier molecular flexibility index (Phi) is 5.83. The summed E-state index contributed by atoms with van der Waals surface area (Å²) in [5.41, 5.74) is 4.90. The molecule has 0 aliphatic carbocycles. The van der Waals surface area contributed by atoms with E-state index >= 15 is 0 Å². The number of carbonyl (C=O) groups is 1. The number of carbonyl (C=O) groups excluding carboxylic acids is 1. The van der Waals surface area contributed by atoms with E-state index in [0.29, 0.717) is 5.56 Å². The minimum atomic E-state index is -0.288. The molecule has 29 heavy (non-hydrogen) atoms. The van der Waals surface area contributed by atoms with Crippen LogP contribution in [0.3, 0.4) is 0 Å². The lowest BCUT2D eigenvalue weighted by atomic mass is 10.0. The van der Waals surface area contributed by atoms with Crippen molar-refractivity contribution in [2.24, 2.45) is 0 Å². The van der Waals surface area contributed by atoms with Crippen LogP contribution in [0.5, 0.6) is 0 Å². The highest BCUT2D eigenvalue weighted by Gasteiger charge is 2.22. The summed E-state index contributed by atoms with van der Waals surface area (Å²) in [6, 6.07) is 10.4. The molecular weight excluding hydrogens is 367 g/mol. The van der Waals surface area contributed by atoms with Gasteiger partial charge in [0.1, 0.15) is 5.82 Å². The number of likely N-dealkylation sites (N-methyl/N-ethyl adjacent to an activating group) is 1. The Morgan fingerprint density at radius 1 is 1.10 bits per heavy atom. The lowest BCUT2D eigenvalue weighted by Gasteiger charge is -2.37. The lowest BCUT2D eigenvalue weighted by molar-refractivity contribution is 0.0939. The van der Waals surface area contributed by atoms with Crippen LogP contribution in [0.2, 0.25) is 0 Å². The Labute approximate surface area is 171 Å². The van der Waals surface area contributed by atoms with Crippen molar-refractivity contribution in [1.82, 2.24) is 15.5 Å². The van der Waals surface area contributed by atoms with Crippen LogP contribution >= 0.6 is 0 Å². The number of nitrogens with one attached hydrogen (secondary N) is 2. The van der Waals surface area contributed by atoms with Gasteiger partial charge in [-0.15, -0.1) is 0 Å². The first kappa shape index (κ1) is 19.9. The first-order chi connectivity index (χ1) is 14.0. The van der Waals surface area contributed by atoms with Gasteiger partial charge < -0.3 is 20.4 Å². The summed E-state index contributed by atoms with van der Waals surface area (Å²) in [4.78, 5) is 17.5. The third-order valence-electron chi connectivity index (χ3n) is 6.06. The lowest BCUT2D eigenvalue weighted by Crippen LogP contribution is -2.46. The van der Waals surface area contributed by atoms with E-state index in [1.54, 1.807) is 6.07 Å². The van der Waals surface area contributed by atoms with E-state index in [2.05, 4.69) is 27.4 Å². The molecule has 1 unspecified atom stereocenters. The number of nitrogens with zero attached hydrogens (tertiary/aromatic N) is 2. The molecule has 0 spiro atoms. The van der Waals surface area contributed by atoms with Crippen molar-refractivity contribution in [2.75, 3.05) is 37.6 Å². The SMILES string of the molecule is CCN1CCN(c2ccc(F)cc2C(C)NC(=O)c2ccc3c(c2)CNC3)CC1. The molecule has 4 rings (SSSR count). The van der Waals surface area contributed by atoms with E-state index in [-0.39, 0.29) is 17.8 Å². The van der Waals surface area contributed by atoms with Gasteiger partial charge in [0.05, 0.1) is 6.04 Å². The molecule has 0 saturated carbocycles. The van der Waals surface area contributed by atoms with E-state index < -0.39 is 0 Å². The normalized spacial score (nSPS) is 17.8. The zero-order valence-electron chi connectivity index (χ0n) is 17.2. The molecule has 1 atom stereocenters. The maximum atomic E-state index is 14.1. The fourth-order valence-corrected chi connectivity index (χ4v) is 4.26. The van der Waals surface area contributed by atoms with Gasteiger partial charge in [-0.05, 0) is 54.9 Å². The van der Waals surface area contributed by atoms with Gasteiger partial charge >= 0.3 is 0 Å². The van der Waals surface area contributed by atoms with Crippen molar-refractivity contribution >= 4 is 11.6 Å². The molecule has 1 amide bonds. The van der Waals surface area contributed by atoms with Crippen LogP contribution in [0, 0.1) is 5.82 Å². The van der Waals surface area contributed by atoms with Crippen molar-refractivity contribution in [1.29, 1.82) is 0 Å². The summed E-state index contributed by atoms with van der Waals surface area (Å²) in [5, 5.41) is 6.36. The number of hydrogen-bond acceptors (Lipinski definition) is 4. The molecule has 0 bridgehead atoms. The van der Waals surface area contributed by atoms with Gasteiger partial charge in [0.2, 0.25) is 0 Å². The highest BCUT2D eigenvalue weighted by molar-refractivity contribution is 5.94. The minimum Gasteiger partial charge on any atom is -0.369 e. The fourth-order valence-electron chi connectivity index (χ4n) is 4.26. The summed E-state index contributed by atoms with van der Waals surface area (Å²) in [6.45, 7) is 10.6. The Morgan fingerprint density at radius 2 is 1.86 bits per heavy atom. The van der Waals surface area contributed by atoms with Crippen molar-refractivity contribution in [3.05, 3.63) is 64.5 Å². The van der Waals surface area contributed by atoms with Crippen LogP contribution in [0.4, 0.5) is 10.1 Å². The van der Waals surface area contributed by atoms with Gasteiger partial charge in [-0.25, -0.2) is 4.39 Å². The topological polar surface area (TPSA) is 47.6 Å². The molecule has 0 aromatic heterocycles. The maximum Gasteiger partial charge on any atom is 0.251 e. The van der Waals surface area contributed by atoms with Crippen LogP contribution in [-0.4, -0.2) is 43.5 Å². The summed E-state index contributed by atoms with van der Waals surface area (Å²) < 4.78 is 14.1. The quantitative estimate of drug-likeness (QED) is 0.816. The van der Waals surface area contributed by atoms with Gasteiger partial charge in [0.15, 0.2) is 0 Å². The Bertz CT molecular complexity index is 892. The van der Waals surface area contributed by atoms with E-state index in [0.717, 1.165) is 57.1 Å². The number of piperazine rings is 1. The predicted molar refractivity (Wildman–Crippen MR) is 114 cm³/mol. The minimum absolute atomic E-state index is 0.127. The number of fused-ring (bicyclic) bond motifs is 1. The van der Waals surface area contributed by atoms with E-state index in [4.69, 9.17) is 0 Å². The molecular formula is C23H29FN4O. The molecule has 1 saturated heterocycles. The van der Waals surface area contributed by atoms with Crippen LogP contribution in [0.25, 0.3) is 0 Å². The molecule has 154 valence electrons. The number of rotatable bonds is 5. The second kappa shape index (κ2) is 8.51. The van der Waals surface area contributed by atoms with E-state index in [9.17, 15) is 9.18 Å². The van der Waals surface area contributed by atoms with Crippen molar-refractivity contribution < 1.29 is 9.18 Å². The van der Waals surface area contributed by atoms with Gasteiger partial charge in [0, 0.05) is 56.1 Å². The summed E-state index contributed by atoms with van der Waals surface area (Å²) in [6.07, 6.45) is 0. The second-order valence-corrected chi connectivity index (χ2v) is 7.91. The number of benzene rings is 2. The molecule has 2 aliphatic heterocycles. The predicted octanol–water partition coefficient (Wildman–Crippen LogP) is 3.06. The average Bonchev–Trinajstić information content (AvgIpc) is 3.21. The molecule has 6 heteroatoms. The van der Waals surface area contributed by atoms with Crippen LogP contribution < -0.4 is 15.5 Å². The second-order valence-electron chi connectivity index (χ2n) is 7.91. The summed E-state index contributed by atoms with van der Waals surface area (Å²) >= 11 is 0. The Morgan fingerprint density at radius 3 is 2.62 bits per heavy atom. The molecule has 2 aliphatic rings. The monoisotopic (exact) mass is 396 g/mol. The maximum absolute atomic E-state index is 14.1. The highest BCUT2D eigenvalue weighted by Crippen LogP contribution is 2.29. The number of halogens is 1. The van der Waals surface area contributed by atoms with Gasteiger partial charge in [0.25, 0.3) is 5.91 Å². The standard InChI is InChI=1S/C23H29FN4O/c1-3-27-8-10-28(11-9-27)22-7-6-20(24)13-21(22)16(2)26-23(29)17-4-5-18-14-25-15-19(18)12-17/h4-7,12-13,16,25H,3,8-11,14-15H2,1-2H3,(H,26,29). The Balaban J connectivity index is 1.51. The molecule has 2 N–H and O–H groups in total. The highest BCUT2D eigenvalue weighted by atomic mass is 19.1. The zero-order valence-corrected chi connectivity index (χ0v) is 17.2. The Hall–Kier alpha value is -2.44.